The number of hydrogen-bond acceptors (Lipinski definition) is 3. The summed E-state index contributed by atoms with van der Waals surface area (Å²) in [6.45, 7) is 2.03. The highest BCUT2D eigenvalue weighted by molar-refractivity contribution is 7.86. The van der Waals surface area contributed by atoms with Gasteiger partial charge in [-0.25, -0.2) is 0 Å². The Hall–Kier alpha value is -0.130. The third-order valence-electron chi connectivity index (χ3n) is 2.81. The molecular formula is C11H24O4S. The lowest BCUT2D eigenvalue weighted by Crippen LogP contribution is -2.19. The van der Waals surface area contributed by atoms with Crippen LogP contribution in [-0.4, -0.2) is 29.9 Å². The maximum Gasteiger partial charge on any atom is 0.267 e. The monoisotopic (exact) mass is 252 g/mol. The largest absolute Gasteiger partial charge is 0.396 e. The topological polar surface area (TPSA) is 74.6 Å². The minimum Gasteiger partial charge on any atom is -0.396 e. The lowest BCUT2D eigenvalue weighted by molar-refractivity contribution is 0.282. The first-order chi connectivity index (χ1) is 7.52. The van der Waals surface area contributed by atoms with Gasteiger partial charge >= 0.3 is 0 Å². The molecule has 0 aromatic carbocycles. The summed E-state index contributed by atoms with van der Waals surface area (Å²) in [6, 6.07) is 0. The van der Waals surface area contributed by atoms with Crippen LogP contribution in [0.2, 0.25) is 0 Å². The van der Waals surface area contributed by atoms with Gasteiger partial charge in [-0.05, 0) is 19.3 Å². The summed E-state index contributed by atoms with van der Waals surface area (Å²) in [4.78, 5) is 0. The minimum absolute atomic E-state index is 0.251. The second-order valence-electron chi connectivity index (χ2n) is 4.18. The van der Waals surface area contributed by atoms with Gasteiger partial charge in [-0.3, -0.25) is 4.55 Å². The Morgan fingerprint density at radius 2 is 1.50 bits per heavy atom. The summed E-state index contributed by atoms with van der Waals surface area (Å²) in [6.07, 6.45) is 6.91. The standard InChI is InChI=1S/C11H24O4S/c1-2-11(16(13,14)15)9-7-5-3-4-6-8-10-12/h11-12H,2-10H2,1H3,(H,13,14,15). The fraction of sp³-hybridized carbons (Fsp3) is 1.00. The zero-order chi connectivity index (χ0) is 12.4. The van der Waals surface area contributed by atoms with Gasteiger partial charge in [-0.2, -0.15) is 8.42 Å². The van der Waals surface area contributed by atoms with Gasteiger partial charge < -0.3 is 5.11 Å². The Balaban J connectivity index is 3.50. The van der Waals surface area contributed by atoms with Crippen molar-refractivity contribution in [2.24, 2.45) is 0 Å². The van der Waals surface area contributed by atoms with Gasteiger partial charge in [0.05, 0.1) is 5.25 Å². The van der Waals surface area contributed by atoms with Crippen LogP contribution in [0, 0.1) is 0 Å². The number of hydrogen-bond donors (Lipinski definition) is 2. The van der Waals surface area contributed by atoms with E-state index in [0.29, 0.717) is 12.8 Å². The van der Waals surface area contributed by atoms with E-state index in [4.69, 9.17) is 9.66 Å². The SMILES string of the molecule is CCC(CCCCCCCCO)S(=O)(=O)O. The Morgan fingerprint density at radius 1 is 1.00 bits per heavy atom. The van der Waals surface area contributed by atoms with E-state index in [9.17, 15) is 8.42 Å². The smallest absolute Gasteiger partial charge is 0.267 e. The van der Waals surface area contributed by atoms with Crippen LogP contribution in [0.3, 0.4) is 0 Å². The normalized spacial score (nSPS) is 13.9. The van der Waals surface area contributed by atoms with Crippen LogP contribution >= 0.6 is 0 Å². The van der Waals surface area contributed by atoms with Crippen molar-refractivity contribution < 1.29 is 18.1 Å². The first kappa shape index (κ1) is 15.9. The van der Waals surface area contributed by atoms with Crippen LogP contribution in [0.4, 0.5) is 0 Å². The number of aliphatic hydroxyl groups is 1. The zero-order valence-corrected chi connectivity index (χ0v) is 10.9. The molecule has 0 saturated carbocycles. The van der Waals surface area contributed by atoms with Crippen LogP contribution in [-0.2, 0) is 10.1 Å². The average molecular weight is 252 g/mol. The van der Waals surface area contributed by atoms with Crippen LogP contribution in [0.15, 0.2) is 0 Å². The molecule has 0 rings (SSSR count). The van der Waals surface area contributed by atoms with Crippen molar-refractivity contribution in [3.63, 3.8) is 0 Å². The highest BCUT2D eigenvalue weighted by Crippen LogP contribution is 2.14. The minimum atomic E-state index is -3.85. The molecule has 0 heterocycles. The first-order valence-corrected chi connectivity index (χ1v) is 7.59. The summed E-state index contributed by atoms with van der Waals surface area (Å²) in [5.74, 6) is 0. The molecule has 0 aromatic heterocycles. The van der Waals surface area contributed by atoms with Crippen LogP contribution < -0.4 is 0 Å². The Bertz CT molecular complexity index is 249. The summed E-state index contributed by atoms with van der Waals surface area (Å²) < 4.78 is 30.7. The van der Waals surface area contributed by atoms with Gasteiger partial charge in [0, 0.05) is 6.61 Å². The van der Waals surface area contributed by atoms with Crippen molar-refractivity contribution in [2.75, 3.05) is 6.61 Å². The molecule has 0 bridgehead atoms. The van der Waals surface area contributed by atoms with E-state index in [2.05, 4.69) is 0 Å². The zero-order valence-electron chi connectivity index (χ0n) is 10.1. The molecule has 0 fully saturated rings. The third kappa shape index (κ3) is 8.07. The van der Waals surface area contributed by atoms with E-state index in [1.165, 1.54) is 0 Å². The second-order valence-corrected chi connectivity index (χ2v) is 5.88. The summed E-state index contributed by atoms with van der Waals surface area (Å²) in [7, 11) is -3.85. The molecule has 0 saturated heterocycles. The van der Waals surface area contributed by atoms with Gasteiger partial charge in [-0.15, -0.1) is 0 Å². The Morgan fingerprint density at radius 3 is 1.94 bits per heavy atom. The summed E-state index contributed by atoms with van der Waals surface area (Å²) in [5, 5.41) is 7.98. The maximum atomic E-state index is 10.9. The van der Waals surface area contributed by atoms with Crippen LogP contribution in [0.5, 0.6) is 0 Å². The van der Waals surface area contributed by atoms with E-state index < -0.39 is 15.4 Å². The lowest BCUT2D eigenvalue weighted by Gasteiger charge is -2.10. The quantitative estimate of drug-likeness (QED) is 0.462. The van der Waals surface area contributed by atoms with Crippen molar-refractivity contribution in [1.29, 1.82) is 0 Å². The van der Waals surface area contributed by atoms with Crippen molar-refractivity contribution >= 4 is 10.1 Å². The van der Waals surface area contributed by atoms with E-state index in [0.717, 1.165) is 38.5 Å². The van der Waals surface area contributed by atoms with Crippen LogP contribution in [0.1, 0.15) is 58.3 Å². The predicted molar refractivity (Wildman–Crippen MR) is 65.0 cm³/mol. The molecule has 0 amide bonds. The van der Waals surface area contributed by atoms with Gasteiger partial charge in [0.1, 0.15) is 0 Å². The van der Waals surface area contributed by atoms with Gasteiger partial charge in [-0.1, -0.05) is 39.0 Å². The maximum absolute atomic E-state index is 10.9. The molecule has 0 aliphatic rings. The van der Waals surface area contributed by atoms with E-state index in [-0.39, 0.29) is 6.61 Å². The summed E-state index contributed by atoms with van der Waals surface area (Å²) in [5.41, 5.74) is 0. The first-order valence-electron chi connectivity index (χ1n) is 6.09. The molecule has 1 atom stereocenters. The molecule has 0 aliphatic carbocycles. The Labute approximate surface area is 98.8 Å². The van der Waals surface area contributed by atoms with E-state index in [1.54, 1.807) is 6.92 Å². The van der Waals surface area contributed by atoms with Crippen LogP contribution in [0.25, 0.3) is 0 Å². The molecule has 0 spiro atoms. The highest BCUT2D eigenvalue weighted by atomic mass is 32.2. The average Bonchev–Trinajstić information content (AvgIpc) is 2.20. The number of unbranched alkanes of at least 4 members (excludes halogenated alkanes) is 5. The van der Waals surface area contributed by atoms with E-state index in [1.807, 2.05) is 0 Å². The van der Waals surface area contributed by atoms with Crippen molar-refractivity contribution in [1.82, 2.24) is 0 Å². The van der Waals surface area contributed by atoms with Gasteiger partial charge in [0.25, 0.3) is 10.1 Å². The molecule has 1 unspecified atom stereocenters. The number of rotatable bonds is 10. The fourth-order valence-corrected chi connectivity index (χ4v) is 2.64. The lowest BCUT2D eigenvalue weighted by atomic mass is 10.1. The van der Waals surface area contributed by atoms with Crippen molar-refractivity contribution in [3.05, 3.63) is 0 Å². The van der Waals surface area contributed by atoms with Gasteiger partial charge in [0.15, 0.2) is 0 Å². The molecule has 0 radical (unpaired) electrons. The second kappa shape index (κ2) is 8.96. The Kier molecular flexibility index (Phi) is 8.89. The molecule has 98 valence electrons. The highest BCUT2D eigenvalue weighted by Gasteiger charge is 2.19. The summed E-state index contributed by atoms with van der Waals surface area (Å²) >= 11 is 0. The van der Waals surface area contributed by atoms with E-state index >= 15 is 0 Å². The number of aliphatic hydroxyl groups excluding tert-OH is 1. The van der Waals surface area contributed by atoms with Crippen molar-refractivity contribution in [2.45, 2.75) is 63.5 Å². The molecule has 2 N–H and O–H groups in total. The fourth-order valence-electron chi connectivity index (χ4n) is 1.75. The van der Waals surface area contributed by atoms with Crippen molar-refractivity contribution in [3.8, 4) is 0 Å². The molecule has 4 nitrogen and oxygen atoms in total. The third-order valence-corrected chi connectivity index (χ3v) is 4.22. The predicted octanol–water partition coefficient (Wildman–Crippen LogP) is 2.38. The molecule has 0 aliphatic heterocycles. The molecule has 0 aromatic rings. The molecular weight excluding hydrogens is 228 g/mol. The molecule has 16 heavy (non-hydrogen) atoms. The molecule has 5 heteroatoms. The van der Waals surface area contributed by atoms with Gasteiger partial charge in [0.2, 0.25) is 0 Å².